The Morgan fingerprint density at radius 3 is 2.89 bits per heavy atom. The molecular formula is C15H14N4. The molecule has 0 radical (unpaired) electrons. The minimum Gasteiger partial charge on any atom is -0.398 e. The van der Waals surface area contributed by atoms with Gasteiger partial charge in [-0.1, -0.05) is 12.1 Å². The zero-order chi connectivity index (χ0) is 13.2. The first-order valence-corrected chi connectivity index (χ1v) is 6.06. The molecule has 4 nitrogen and oxygen atoms in total. The van der Waals surface area contributed by atoms with Crippen LogP contribution in [0.3, 0.4) is 0 Å². The van der Waals surface area contributed by atoms with E-state index in [0.29, 0.717) is 0 Å². The average Bonchev–Trinajstić information content (AvgIpc) is 2.43. The Morgan fingerprint density at radius 1 is 1.16 bits per heavy atom. The van der Waals surface area contributed by atoms with Crippen LogP contribution in [0.5, 0.6) is 0 Å². The lowest BCUT2D eigenvalue weighted by Crippen LogP contribution is -1.98. The van der Waals surface area contributed by atoms with Crippen LogP contribution in [0.1, 0.15) is 5.56 Å². The van der Waals surface area contributed by atoms with Gasteiger partial charge in [0.15, 0.2) is 0 Å². The first-order valence-electron chi connectivity index (χ1n) is 6.06. The molecule has 3 aromatic rings. The van der Waals surface area contributed by atoms with Crippen molar-refractivity contribution in [2.75, 3.05) is 11.1 Å². The smallest absolute Gasteiger partial charge is 0.132 e. The lowest BCUT2D eigenvalue weighted by atomic mass is 10.1. The van der Waals surface area contributed by atoms with Crippen molar-refractivity contribution < 1.29 is 0 Å². The fourth-order valence-corrected chi connectivity index (χ4v) is 1.98. The molecule has 2 aromatic heterocycles. The number of rotatable bonds is 2. The third-order valence-corrected chi connectivity index (χ3v) is 3.09. The van der Waals surface area contributed by atoms with Gasteiger partial charge in [0.2, 0.25) is 0 Å². The number of fused-ring (bicyclic) bond motifs is 1. The summed E-state index contributed by atoms with van der Waals surface area (Å²) in [6.45, 7) is 1.94. The van der Waals surface area contributed by atoms with Gasteiger partial charge in [-0.2, -0.15) is 0 Å². The number of aryl methyl sites for hydroxylation is 1. The number of anilines is 3. The summed E-state index contributed by atoms with van der Waals surface area (Å²) in [6, 6.07) is 9.86. The molecule has 0 unspecified atom stereocenters. The SMILES string of the molecule is Cc1cnc(Nc2cccc3cnccc23)cc1N. The molecule has 0 spiro atoms. The van der Waals surface area contributed by atoms with Gasteiger partial charge in [-0.05, 0) is 24.6 Å². The molecule has 94 valence electrons. The van der Waals surface area contributed by atoms with E-state index in [9.17, 15) is 0 Å². The van der Waals surface area contributed by atoms with Crippen LogP contribution < -0.4 is 11.1 Å². The van der Waals surface area contributed by atoms with Crippen LogP contribution in [-0.4, -0.2) is 9.97 Å². The van der Waals surface area contributed by atoms with Crippen LogP contribution >= 0.6 is 0 Å². The van der Waals surface area contributed by atoms with Gasteiger partial charge in [0.25, 0.3) is 0 Å². The molecule has 0 saturated heterocycles. The number of aromatic nitrogens is 2. The van der Waals surface area contributed by atoms with Crippen LogP contribution in [0.15, 0.2) is 48.9 Å². The molecule has 3 rings (SSSR count). The Balaban J connectivity index is 2.03. The molecule has 0 fully saturated rings. The highest BCUT2D eigenvalue weighted by Crippen LogP contribution is 2.25. The average molecular weight is 250 g/mol. The molecule has 0 bridgehead atoms. The molecule has 19 heavy (non-hydrogen) atoms. The van der Waals surface area contributed by atoms with E-state index in [1.807, 2.05) is 43.5 Å². The number of hydrogen-bond donors (Lipinski definition) is 2. The highest BCUT2D eigenvalue weighted by Gasteiger charge is 2.03. The van der Waals surface area contributed by atoms with Gasteiger partial charge in [0, 0.05) is 46.8 Å². The van der Waals surface area contributed by atoms with E-state index in [1.54, 1.807) is 12.4 Å². The van der Waals surface area contributed by atoms with Gasteiger partial charge in [-0.25, -0.2) is 4.98 Å². The maximum absolute atomic E-state index is 5.90. The molecule has 1 aromatic carbocycles. The molecule has 0 aliphatic carbocycles. The summed E-state index contributed by atoms with van der Waals surface area (Å²) >= 11 is 0. The molecule has 0 amide bonds. The van der Waals surface area contributed by atoms with E-state index < -0.39 is 0 Å². The maximum Gasteiger partial charge on any atom is 0.132 e. The third kappa shape index (κ3) is 2.20. The largest absolute Gasteiger partial charge is 0.398 e. The minimum absolute atomic E-state index is 0.736. The minimum atomic E-state index is 0.736. The van der Waals surface area contributed by atoms with E-state index in [4.69, 9.17) is 5.73 Å². The Hall–Kier alpha value is -2.62. The summed E-state index contributed by atoms with van der Waals surface area (Å²) in [5.41, 5.74) is 8.61. The van der Waals surface area contributed by atoms with Crippen LogP contribution in [0.25, 0.3) is 10.8 Å². The number of nitrogen functional groups attached to an aromatic ring is 1. The highest BCUT2D eigenvalue weighted by atomic mass is 15.0. The predicted octanol–water partition coefficient (Wildman–Crippen LogP) is 3.26. The Bertz CT molecular complexity index is 732. The zero-order valence-corrected chi connectivity index (χ0v) is 10.6. The van der Waals surface area contributed by atoms with E-state index in [0.717, 1.165) is 33.5 Å². The molecule has 0 saturated carbocycles. The van der Waals surface area contributed by atoms with Gasteiger partial charge in [-0.3, -0.25) is 4.98 Å². The van der Waals surface area contributed by atoms with Crippen molar-refractivity contribution in [2.45, 2.75) is 6.92 Å². The summed E-state index contributed by atoms with van der Waals surface area (Å²) in [5.74, 6) is 0.743. The van der Waals surface area contributed by atoms with Crippen LogP contribution in [0.2, 0.25) is 0 Å². The maximum atomic E-state index is 5.90. The fraction of sp³-hybridized carbons (Fsp3) is 0.0667. The molecule has 2 heterocycles. The number of nitrogens with zero attached hydrogens (tertiary/aromatic N) is 2. The van der Waals surface area contributed by atoms with Crippen LogP contribution in [0, 0.1) is 6.92 Å². The summed E-state index contributed by atoms with van der Waals surface area (Å²) in [6.07, 6.45) is 5.40. The van der Waals surface area contributed by atoms with Gasteiger partial charge in [0.1, 0.15) is 5.82 Å². The number of benzene rings is 1. The standard InChI is InChI=1S/C15H14N4/c1-10-8-18-15(7-13(10)16)19-14-4-2-3-11-9-17-6-5-12(11)14/h2-9H,1H3,(H3,16,18,19). The number of nitrogens with one attached hydrogen (secondary N) is 1. The monoisotopic (exact) mass is 250 g/mol. The fourth-order valence-electron chi connectivity index (χ4n) is 1.98. The summed E-state index contributed by atoms with van der Waals surface area (Å²) in [5, 5.41) is 5.50. The summed E-state index contributed by atoms with van der Waals surface area (Å²) < 4.78 is 0. The Morgan fingerprint density at radius 2 is 2.05 bits per heavy atom. The topological polar surface area (TPSA) is 63.8 Å². The summed E-state index contributed by atoms with van der Waals surface area (Å²) in [7, 11) is 0. The van der Waals surface area contributed by atoms with Crippen LogP contribution in [-0.2, 0) is 0 Å². The van der Waals surface area contributed by atoms with Gasteiger partial charge < -0.3 is 11.1 Å². The highest BCUT2D eigenvalue weighted by molar-refractivity contribution is 5.94. The lowest BCUT2D eigenvalue weighted by Gasteiger charge is -2.10. The summed E-state index contributed by atoms with van der Waals surface area (Å²) in [4.78, 5) is 8.46. The van der Waals surface area contributed by atoms with E-state index >= 15 is 0 Å². The normalized spacial score (nSPS) is 10.6. The molecule has 3 N–H and O–H groups in total. The van der Waals surface area contributed by atoms with Crippen LogP contribution in [0.4, 0.5) is 17.2 Å². The first-order chi connectivity index (χ1) is 9.24. The van der Waals surface area contributed by atoms with E-state index in [1.165, 1.54) is 0 Å². The number of pyridine rings is 2. The second-order valence-corrected chi connectivity index (χ2v) is 4.45. The number of hydrogen-bond acceptors (Lipinski definition) is 4. The van der Waals surface area contributed by atoms with Crippen molar-refractivity contribution in [3.63, 3.8) is 0 Å². The molecule has 4 heteroatoms. The van der Waals surface area contributed by atoms with Gasteiger partial charge in [0.05, 0.1) is 0 Å². The van der Waals surface area contributed by atoms with Crippen molar-refractivity contribution in [1.29, 1.82) is 0 Å². The Kier molecular flexibility index (Phi) is 2.76. The molecule has 0 aliphatic rings. The second kappa shape index (κ2) is 4.57. The van der Waals surface area contributed by atoms with Crippen molar-refractivity contribution in [3.05, 3.63) is 54.5 Å². The molecular weight excluding hydrogens is 236 g/mol. The zero-order valence-electron chi connectivity index (χ0n) is 10.6. The Labute approximate surface area is 111 Å². The van der Waals surface area contributed by atoms with Gasteiger partial charge in [-0.15, -0.1) is 0 Å². The predicted molar refractivity (Wildman–Crippen MR) is 78.4 cm³/mol. The van der Waals surface area contributed by atoms with Crippen molar-refractivity contribution in [3.8, 4) is 0 Å². The van der Waals surface area contributed by atoms with E-state index in [2.05, 4.69) is 15.3 Å². The second-order valence-electron chi connectivity index (χ2n) is 4.45. The van der Waals surface area contributed by atoms with Crippen molar-refractivity contribution in [2.24, 2.45) is 0 Å². The lowest BCUT2D eigenvalue weighted by molar-refractivity contribution is 1.26. The van der Waals surface area contributed by atoms with Crippen molar-refractivity contribution in [1.82, 2.24) is 9.97 Å². The first kappa shape index (κ1) is 11.5. The quantitative estimate of drug-likeness (QED) is 0.732. The van der Waals surface area contributed by atoms with E-state index in [-0.39, 0.29) is 0 Å². The van der Waals surface area contributed by atoms with Crippen molar-refractivity contribution >= 4 is 28.0 Å². The third-order valence-electron chi connectivity index (χ3n) is 3.09. The number of nitrogens with two attached hydrogens (primary N) is 1. The van der Waals surface area contributed by atoms with Gasteiger partial charge >= 0.3 is 0 Å². The molecule has 0 atom stereocenters. The molecule has 0 aliphatic heterocycles.